The van der Waals surface area contributed by atoms with Gasteiger partial charge >= 0.3 is 0 Å². The van der Waals surface area contributed by atoms with Crippen LogP contribution in [-0.2, 0) is 4.74 Å². The van der Waals surface area contributed by atoms with Gasteiger partial charge in [-0.25, -0.2) is 0 Å². The molecule has 1 N–H and O–H groups in total. The Bertz CT molecular complexity index is 554. The van der Waals surface area contributed by atoms with E-state index in [-0.39, 0.29) is 0 Å². The summed E-state index contributed by atoms with van der Waals surface area (Å²) in [4.78, 5) is 4.49. The molecule has 1 fully saturated rings. The molecular weight excluding hydrogens is 236 g/mol. The molecule has 2 unspecified atom stereocenters. The lowest BCUT2D eigenvalue weighted by atomic mass is 9.99. The van der Waals surface area contributed by atoms with Crippen LogP contribution >= 0.6 is 0 Å². The summed E-state index contributed by atoms with van der Waals surface area (Å²) < 4.78 is 5.79. The third-order valence-electron chi connectivity index (χ3n) is 3.69. The Labute approximate surface area is 114 Å². The van der Waals surface area contributed by atoms with Gasteiger partial charge in [-0.05, 0) is 38.8 Å². The van der Waals surface area contributed by atoms with Crippen LogP contribution in [-0.4, -0.2) is 23.2 Å². The third-order valence-corrected chi connectivity index (χ3v) is 3.69. The molecule has 1 aromatic heterocycles. The van der Waals surface area contributed by atoms with Gasteiger partial charge in [-0.15, -0.1) is 0 Å². The number of fused-ring (bicyclic) bond motifs is 1. The highest BCUT2D eigenvalue weighted by molar-refractivity contribution is 5.90. The fourth-order valence-corrected chi connectivity index (χ4v) is 2.96. The zero-order valence-corrected chi connectivity index (χ0v) is 11.5. The Morgan fingerprint density at radius 1 is 1.11 bits per heavy atom. The third kappa shape index (κ3) is 2.71. The van der Waals surface area contributed by atoms with E-state index < -0.39 is 0 Å². The van der Waals surface area contributed by atoms with Crippen molar-refractivity contribution in [3.8, 4) is 0 Å². The lowest BCUT2D eigenvalue weighted by Crippen LogP contribution is -2.36. The van der Waals surface area contributed by atoms with Crippen LogP contribution in [0.5, 0.6) is 0 Å². The van der Waals surface area contributed by atoms with Gasteiger partial charge in [-0.1, -0.05) is 18.2 Å². The summed E-state index contributed by atoms with van der Waals surface area (Å²) in [6.45, 7) is 4.29. The van der Waals surface area contributed by atoms with Gasteiger partial charge in [0, 0.05) is 17.6 Å². The zero-order valence-electron chi connectivity index (χ0n) is 11.5. The molecule has 0 spiro atoms. The second-order valence-corrected chi connectivity index (χ2v) is 5.45. The maximum atomic E-state index is 5.79. The van der Waals surface area contributed by atoms with Crippen LogP contribution in [0.15, 0.2) is 36.5 Å². The van der Waals surface area contributed by atoms with E-state index in [9.17, 15) is 0 Å². The van der Waals surface area contributed by atoms with Crippen LogP contribution in [0.4, 0.5) is 5.69 Å². The van der Waals surface area contributed by atoms with Crippen LogP contribution < -0.4 is 5.32 Å². The minimum atomic E-state index is 0.323. The first kappa shape index (κ1) is 12.4. The molecule has 3 heteroatoms. The SMILES string of the molecule is CC1CC(Nc2cccc3cccnc23)CC(C)O1. The Kier molecular flexibility index (Phi) is 3.38. The van der Waals surface area contributed by atoms with Crippen LogP contribution in [0.1, 0.15) is 26.7 Å². The first-order valence-electron chi connectivity index (χ1n) is 6.98. The summed E-state index contributed by atoms with van der Waals surface area (Å²) in [5.41, 5.74) is 2.18. The monoisotopic (exact) mass is 256 g/mol. The molecule has 3 rings (SSSR count). The molecule has 1 aliphatic heterocycles. The smallest absolute Gasteiger partial charge is 0.0933 e. The van der Waals surface area contributed by atoms with Crippen molar-refractivity contribution < 1.29 is 4.74 Å². The molecule has 0 amide bonds. The van der Waals surface area contributed by atoms with Crippen molar-refractivity contribution in [2.75, 3.05) is 5.32 Å². The Morgan fingerprint density at radius 2 is 1.84 bits per heavy atom. The first-order valence-corrected chi connectivity index (χ1v) is 6.98. The van der Waals surface area contributed by atoms with Gasteiger partial charge in [0.05, 0.1) is 23.4 Å². The summed E-state index contributed by atoms with van der Waals surface area (Å²) >= 11 is 0. The average molecular weight is 256 g/mol. The Hall–Kier alpha value is -1.61. The highest BCUT2D eigenvalue weighted by Gasteiger charge is 2.24. The molecule has 1 aromatic carbocycles. The number of hydrogen-bond donors (Lipinski definition) is 1. The van der Waals surface area contributed by atoms with Crippen molar-refractivity contribution in [2.24, 2.45) is 0 Å². The van der Waals surface area contributed by atoms with Gasteiger partial charge in [-0.2, -0.15) is 0 Å². The van der Waals surface area contributed by atoms with Crippen LogP contribution in [0.2, 0.25) is 0 Å². The number of nitrogens with one attached hydrogen (secondary N) is 1. The standard InChI is InChI=1S/C16H20N2O/c1-11-9-14(10-12(2)19-11)18-15-7-3-5-13-6-4-8-17-16(13)15/h3-8,11-12,14,18H,9-10H2,1-2H3. The van der Waals surface area contributed by atoms with E-state index in [1.54, 1.807) is 0 Å². The predicted octanol–water partition coefficient (Wildman–Crippen LogP) is 3.60. The summed E-state index contributed by atoms with van der Waals surface area (Å²) in [5, 5.41) is 4.82. The highest BCUT2D eigenvalue weighted by atomic mass is 16.5. The molecule has 0 radical (unpaired) electrons. The molecule has 100 valence electrons. The predicted molar refractivity (Wildman–Crippen MR) is 78.4 cm³/mol. The number of anilines is 1. The molecular formula is C16H20N2O. The maximum absolute atomic E-state index is 5.79. The number of para-hydroxylation sites is 1. The molecule has 0 aliphatic carbocycles. The van der Waals surface area contributed by atoms with E-state index >= 15 is 0 Å². The highest BCUT2D eigenvalue weighted by Crippen LogP contribution is 2.26. The van der Waals surface area contributed by atoms with Gasteiger partial charge in [0.15, 0.2) is 0 Å². The number of nitrogens with zero attached hydrogens (tertiary/aromatic N) is 1. The molecule has 1 saturated heterocycles. The summed E-state index contributed by atoms with van der Waals surface area (Å²) in [7, 11) is 0. The molecule has 19 heavy (non-hydrogen) atoms. The normalized spacial score (nSPS) is 27.4. The van der Waals surface area contributed by atoms with Crippen LogP contribution in [0.25, 0.3) is 10.9 Å². The molecule has 1 aliphatic rings. The lowest BCUT2D eigenvalue weighted by Gasteiger charge is -2.33. The molecule has 2 heterocycles. The number of rotatable bonds is 2. The van der Waals surface area contributed by atoms with E-state index in [2.05, 4.69) is 48.4 Å². The van der Waals surface area contributed by atoms with Crippen molar-refractivity contribution >= 4 is 16.6 Å². The Morgan fingerprint density at radius 3 is 2.63 bits per heavy atom. The van der Waals surface area contributed by atoms with Crippen molar-refractivity contribution in [3.05, 3.63) is 36.5 Å². The minimum absolute atomic E-state index is 0.323. The van der Waals surface area contributed by atoms with E-state index in [1.807, 2.05) is 12.3 Å². The summed E-state index contributed by atoms with van der Waals surface area (Å²) in [5.74, 6) is 0. The van der Waals surface area contributed by atoms with Gasteiger partial charge in [0.25, 0.3) is 0 Å². The molecule has 0 bridgehead atoms. The fraction of sp³-hybridized carbons (Fsp3) is 0.438. The van der Waals surface area contributed by atoms with Gasteiger partial charge in [0.2, 0.25) is 0 Å². The Balaban J connectivity index is 1.85. The number of benzene rings is 1. The van der Waals surface area contributed by atoms with Gasteiger partial charge in [-0.3, -0.25) is 4.98 Å². The second kappa shape index (κ2) is 5.17. The fourth-order valence-electron chi connectivity index (χ4n) is 2.96. The van der Waals surface area contributed by atoms with Gasteiger partial charge < -0.3 is 10.1 Å². The number of pyridine rings is 1. The zero-order chi connectivity index (χ0) is 13.2. The van der Waals surface area contributed by atoms with Crippen molar-refractivity contribution in [3.63, 3.8) is 0 Å². The van der Waals surface area contributed by atoms with E-state index in [4.69, 9.17) is 4.74 Å². The van der Waals surface area contributed by atoms with E-state index in [0.29, 0.717) is 18.2 Å². The summed E-state index contributed by atoms with van der Waals surface area (Å²) in [6, 6.07) is 10.8. The topological polar surface area (TPSA) is 34.2 Å². The average Bonchev–Trinajstić information content (AvgIpc) is 2.38. The van der Waals surface area contributed by atoms with Crippen molar-refractivity contribution in [2.45, 2.75) is 44.9 Å². The second-order valence-electron chi connectivity index (χ2n) is 5.45. The number of aromatic nitrogens is 1. The van der Waals surface area contributed by atoms with Crippen LogP contribution in [0, 0.1) is 0 Å². The number of ether oxygens (including phenoxy) is 1. The van der Waals surface area contributed by atoms with Crippen LogP contribution in [0.3, 0.4) is 0 Å². The molecule has 3 nitrogen and oxygen atoms in total. The van der Waals surface area contributed by atoms with E-state index in [1.165, 1.54) is 5.39 Å². The maximum Gasteiger partial charge on any atom is 0.0933 e. The molecule has 2 aromatic rings. The molecule has 0 saturated carbocycles. The largest absolute Gasteiger partial charge is 0.380 e. The van der Waals surface area contributed by atoms with Gasteiger partial charge in [0.1, 0.15) is 0 Å². The number of hydrogen-bond acceptors (Lipinski definition) is 3. The van der Waals surface area contributed by atoms with Crippen molar-refractivity contribution in [1.82, 2.24) is 4.98 Å². The lowest BCUT2D eigenvalue weighted by molar-refractivity contribution is -0.0337. The molecule has 2 atom stereocenters. The quantitative estimate of drug-likeness (QED) is 0.891. The minimum Gasteiger partial charge on any atom is -0.380 e. The van der Waals surface area contributed by atoms with Crippen molar-refractivity contribution in [1.29, 1.82) is 0 Å². The first-order chi connectivity index (χ1) is 9.22. The van der Waals surface area contributed by atoms with E-state index in [0.717, 1.165) is 24.0 Å². The summed E-state index contributed by atoms with van der Waals surface area (Å²) in [6.07, 6.45) is 4.59.